The SMILES string of the molecule is Cc1nn2c3c(cnc2c1[N+](=O)[O-])N(C(=O)Nc1cnc(-n2nccn2)c(Cl)c1)CC3(C)C(F)(F)F. The van der Waals surface area contributed by atoms with Crippen LogP contribution in [0.5, 0.6) is 0 Å². The highest BCUT2D eigenvalue weighted by molar-refractivity contribution is 6.32. The Labute approximate surface area is 203 Å². The van der Waals surface area contributed by atoms with E-state index in [2.05, 4.69) is 30.6 Å². The van der Waals surface area contributed by atoms with Crippen molar-refractivity contribution in [1.29, 1.82) is 0 Å². The lowest BCUT2D eigenvalue weighted by atomic mass is 9.87. The van der Waals surface area contributed by atoms with E-state index in [4.69, 9.17) is 11.6 Å². The van der Waals surface area contributed by atoms with E-state index in [9.17, 15) is 28.1 Å². The van der Waals surface area contributed by atoms with Crippen LogP contribution in [-0.2, 0) is 5.41 Å². The Bertz CT molecular complexity index is 1540. The Morgan fingerprint density at radius 1 is 1.25 bits per heavy atom. The van der Waals surface area contributed by atoms with Crippen molar-refractivity contribution in [3.8, 4) is 5.82 Å². The molecule has 1 atom stereocenters. The molecule has 2 amide bonds. The highest BCUT2D eigenvalue weighted by atomic mass is 35.5. The zero-order valence-corrected chi connectivity index (χ0v) is 19.1. The fraction of sp³-hybridized carbons (Fsp3) is 0.263. The molecule has 186 valence electrons. The van der Waals surface area contributed by atoms with Crippen LogP contribution in [0.15, 0.2) is 30.9 Å². The van der Waals surface area contributed by atoms with Gasteiger partial charge in [-0.1, -0.05) is 11.6 Å². The highest BCUT2D eigenvalue weighted by Gasteiger charge is 2.60. The summed E-state index contributed by atoms with van der Waals surface area (Å²) in [6.45, 7) is 1.37. The fourth-order valence-corrected chi connectivity index (χ4v) is 4.28. The Morgan fingerprint density at radius 3 is 2.56 bits per heavy atom. The van der Waals surface area contributed by atoms with Gasteiger partial charge in [0.25, 0.3) is 0 Å². The number of halogens is 4. The first-order chi connectivity index (χ1) is 16.9. The molecule has 0 saturated heterocycles. The maximum absolute atomic E-state index is 14.3. The number of nitrogens with one attached hydrogen (secondary N) is 1. The van der Waals surface area contributed by atoms with Crippen molar-refractivity contribution in [2.75, 3.05) is 16.8 Å². The maximum atomic E-state index is 14.3. The number of urea groups is 1. The molecule has 13 nitrogen and oxygen atoms in total. The number of carbonyl (C=O) groups is 1. The predicted molar refractivity (Wildman–Crippen MR) is 118 cm³/mol. The van der Waals surface area contributed by atoms with E-state index in [1.54, 1.807) is 0 Å². The van der Waals surface area contributed by atoms with Gasteiger partial charge < -0.3 is 5.32 Å². The molecule has 5 rings (SSSR count). The number of pyridine rings is 1. The number of hydrogen-bond acceptors (Lipinski definition) is 8. The summed E-state index contributed by atoms with van der Waals surface area (Å²) in [7, 11) is 0. The normalized spacial score (nSPS) is 17.4. The van der Waals surface area contributed by atoms with Gasteiger partial charge in [0.2, 0.25) is 5.65 Å². The van der Waals surface area contributed by atoms with Gasteiger partial charge in [0.15, 0.2) is 5.82 Å². The van der Waals surface area contributed by atoms with E-state index in [0.29, 0.717) is 0 Å². The molecule has 1 unspecified atom stereocenters. The average Bonchev–Trinajstić information content (AvgIpc) is 3.49. The monoisotopic (exact) mass is 522 g/mol. The molecule has 1 N–H and O–H groups in total. The third-order valence-corrected chi connectivity index (χ3v) is 6.07. The van der Waals surface area contributed by atoms with Crippen molar-refractivity contribution in [2.45, 2.75) is 25.4 Å². The van der Waals surface area contributed by atoms with Crippen molar-refractivity contribution in [3.05, 3.63) is 57.4 Å². The standard InChI is InChI=1S/C19H14ClF3N10O3/c1-9-13(33(35)36)16-25-7-12-14(31(16)29-9)18(2,19(21,22)23)8-30(12)17(34)28-10-5-11(20)15(24-6-10)32-26-3-4-27-32/h3-7H,8H2,1-2H3,(H,28,34). The molecule has 4 aromatic rings. The van der Waals surface area contributed by atoms with Gasteiger partial charge in [0.1, 0.15) is 11.1 Å². The Balaban J connectivity index is 1.56. The highest BCUT2D eigenvalue weighted by Crippen LogP contribution is 2.50. The molecule has 0 aromatic carbocycles. The van der Waals surface area contributed by atoms with Gasteiger partial charge in [0, 0.05) is 6.54 Å². The van der Waals surface area contributed by atoms with E-state index < -0.39 is 40.5 Å². The minimum absolute atomic E-state index is 0.0775. The molecular weight excluding hydrogens is 509 g/mol. The summed E-state index contributed by atoms with van der Waals surface area (Å²) in [5, 5.41) is 25.8. The molecule has 0 spiro atoms. The van der Waals surface area contributed by atoms with Crippen molar-refractivity contribution in [1.82, 2.24) is 34.6 Å². The van der Waals surface area contributed by atoms with Gasteiger partial charge in [-0.15, -0.1) is 4.80 Å². The Kier molecular flexibility index (Phi) is 5.10. The predicted octanol–water partition coefficient (Wildman–Crippen LogP) is 3.45. The summed E-state index contributed by atoms with van der Waals surface area (Å²) in [4.78, 5) is 33.8. The van der Waals surface area contributed by atoms with Crippen LogP contribution in [0.1, 0.15) is 18.3 Å². The van der Waals surface area contributed by atoms with Gasteiger partial charge in [0.05, 0.1) is 51.8 Å². The molecule has 0 aliphatic carbocycles. The maximum Gasteiger partial charge on any atom is 0.401 e. The van der Waals surface area contributed by atoms with E-state index >= 15 is 0 Å². The summed E-state index contributed by atoms with van der Waals surface area (Å²) in [6, 6.07) is 0.416. The first-order valence-electron chi connectivity index (χ1n) is 10.1. The van der Waals surface area contributed by atoms with Gasteiger partial charge >= 0.3 is 17.9 Å². The zero-order valence-electron chi connectivity index (χ0n) is 18.4. The number of carbonyl (C=O) groups excluding carboxylic acids is 1. The first-order valence-corrected chi connectivity index (χ1v) is 10.5. The molecule has 1 aliphatic heterocycles. The van der Waals surface area contributed by atoms with Crippen molar-refractivity contribution < 1.29 is 22.9 Å². The Hall–Kier alpha value is -4.34. The number of fused-ring (bicyclic) bond motifs is 3. The minimum atomic E-state index is -4.83. The number of amides is 2. The summed E-state index contributed by atoms with van der Waals surface area (Å²) < 4.78 is 43.7. The second-order valence-electron chi connectivity index (χ2n) is 8.11. The summed E-state index contributed by atoms with van der Waals surface area (Å²) >= 11 is 6.20. The van der Waals surface area contributed by atoms with Crippen LogP contribution in [0.4, 0.5) is 35.0 Å². The number of aryl methyl sites for hydroxylation is 1. The second kappa shape index (κ2) is 7.84. The first kappa shape index (κ1) is 23.4. The van der Waals surface area contributed by atoms with Crippen LogP contribution in [-0.4, -0.2) is 58.3 Å². The topological polar surface area (TPSA) is 149 Å². The lowest BCUT2D eigenvalue weighted by Crippen LogP contribution is -2.46. The van der Waals surface area contributed by atoms with Gasteiger partial charge in [-0.25, -0.2) is 19.3 Å². The van der Waals surface area contributed by atoms with Crippen LogP contribution < -0.4 is 10.2 Å². The number of anilines is 2. The lowest BCUT2D eigenvalue weighted by Gasteiger charge is -2.28. The molecule has 4 aromatic heterocycles. The quantitative estimate of drug-likeness (QED) is 0.317. The van der Waals surface area contributed by atoms with Gasteiger partial charge in [-0.2, -0.15) is 28.5 Å². The molecule has 5 heterocycles. The van der Waals surface area contributed by atoms with Crippen LogP contribution >= 0.6 is 11.6 Å². The summed E-state index contributed by atoms with van der Waals surface area (Å²) in [6.07, 6.45) is 0.230. The number of alkyl halides is 3. The third-order valence-electron chi connectivity index (χ3n) is 5.79. The lowest BCUT2D eigenvalue weighted by molar-refractivity contribution is -0.383. The number of aromatic nitrogens is 7. The molecule has 0 radical (unpaired) electrons. The summed E-state index contributed by atoms with van der Waals surface area (Å²) in [5.74, 6) is 0.179. The van der Waals surface area contributed by atoms with Crippen LogP contribution in [0.25, 0.3) is 11.5 Å². The molecule has 17 heteroatoms. The largest absolute Gasteiger partial charge is 0.401 e. The minimum Gasteiger partial charge on any atom is -0.306 e. The molecule has 36 heavy (non-hydrogen) atoms. The fourth-order valence-electron chi connectivity index (χ4n) is 4.04. The summed E-state index contributed by atoms with van der Waals surface area (Å²) in [5.41, 5.74) is -4.12. The molecule has 1 aliphatic rings. The van der Waals surface area contributed by atoms with Crippen LogP contribution in [0.3, 0.4) is 0 Å². The van der Waals surface area contributed by atoms with Crippen LogP contribution in [0.2, 0.25) is 5.02 Å². The zero-order chi connectivity index (χ0) is 26.0. The van der Waals surface area contributed by atoms with Crippen molar-refractivity contribution in [3.63, 3.8) is 0 Å². The smallest absolute Gasteiger partial charge is 0.306 e. The second-order valence-corrected chi connectivity index (χ2v) is 8.52. The van der Waals surface area contributed by atoms with E-state index in [0.717, 1.165) is 27.3 Å². The molecule has 0 fully saturated rings. The van der Waals surface area contributed by atoms with E-state index in [-0.39, 0.29) is 33.6 Å². The number of nitro groups is 1. The van der Waals surface area contributed by atoms with Gasteiger partial charge in [-0.3, -0.25) is 15.0 Å². The van der Waals surface area contributed by atoms with Gasteiger partial charge in [-0.05, 0) is 19.9 Å². The molecule has 0 bridgehead atoms. The third kappa shape index (κ3) is 3.40. The number of hydrogen-bond donors (Lipinski definition) is 1. The Morgan fingerprint density at radius 2 is 1.94 bits per heavy atom. The number of rotatable bonds is 3. The van der Waals surface area contributed by atoms with Crippen molar-refractivity contribution >= 4 is 40.3 Å². The van der Waals surface area contributed by atoms with E-state index in [1.807, 2.05) is 0 Å². The number of nitrogens with zero attached hydrogens (tertiary/aromatic N) is 9. The van der Waals surface area contributed by atoms with Crippen LogP contribution in [0, 0.1) is 17.0 Å². The molecular formula is C19H14ClF3N10O3. The average molecular weight is 523 g/mol. The molecule has 0 saturated carbocycles. The van der Waals surface area contributed by atoms with Crippen molar-refractivity contribution in [2.24, 2.45) is 0 Å². The van der Waals surface area contributed by atoms with E-state index in [1.165, 1.54) is 31.6 Å².